The number of nitrogens with one attached hydrogen (secondary N) is 1. The molecule has 1 unspecified atom stereocenters. The number of rotatable bonds is 4. The highest BCUT2D eigenvalue weighted by atomic mass is 32.1. The standard InChI is InChI=1S/C13H13F2N3S2/c1-6-5-20-13(17-6)7(2)18-11-9(14)3-8(12(16)19)4-10(11)15/h3-5,7,18H,1-2H3,(H2,16,19). The summed E-state index contributed by atoms with van der Waals surface area (Å²) in [6.45, 7) is 3.66. The molecule has 0 spiro atoms. The van der Waals surface area contributed by atoms with Gasteiger partial charge in [-0.15, -0.1) is 11.3 Å². The molecule has 7 heteroatoms. The Balaban J connectivity index is 2.27. The van der Waals surface area contributed by atoms with Gasteiger partial charge >= 0.3 is 0 Å². The van der Waals surface area contributed by atoms with Crippen LogP contribution in [0.25, 0.3) is 0 Å². The molecular weight excluding hydrogens is 300 g/mol. The number of thiazole rings is 1. The zero-order chi connectivity index (χ0) is 14.9. The van der Waals surface area contributed by atoms with Crippen molar-refractivity contribution in [3.8, 4) is 0 Å². The Morgan fingerprint density at radius 2 is 2.00 bits per heavy atom. The summed E-state index contributed by atoms with van der Waals surface area (Å²) in [5, 5.41) is 5.44. The largest absolute Gasteiger partial charge is 0.389 e. The Labute approximate surface area is 124 Å². The molecule has 0 fully saturated rings. The van der Waals surface area contributed by atoms with Gasteiger partial charge in [-0.05, 0) is 26.0 Å². The third-order valence-corrected chi connectivity index (χ3v) is 4.08. The van der Waals surface area contributed by atoms with Gasteiger partial charge in [0.15, 0.2) is 0 Å². The molecule has 106 valence electrons. The third kappa shape index (κ3) is 3.10. The van der Waals surface area contributed by atoms with Gasteiger partial charge < -0.3 is 11.1 Å². The van der Waals surface area contributed by atoms with Gasteiger partial charge in [-0.25, -0.2) is 13.8 Å². The first-order valence-corrected chi connectivity index (χ1v) is 7.14. The van der Waals surface area contributed by atoms with Crippen molar-refractivity contribution < 1.29 is 8.78 Å². The Kier molecular flexibility index (Phi) is 4.29. The minimum Gasteiger partial charge on any atom is -0.389 e. The molecule has 0 aliphatic carbocycles. The number of nitrogens with two attached hydrogens (primary N) is 1. The molecule has 3 N–H and O–H groups in total. The summed E-state index contributed by atoms with van der Waals surface area (Å²) in [5.74, 6) is -1.46. The number of hydrogen-bond donors (Lipinski definition) is 2. The molecule has 2 rings (SSSR count). The van der Waals surface area contributed by atoms with Gasteiger partial charge in [0.05, 0.1) is 6.04 Å². The lowest BCUT2D eigenvalue weighted by Gasteiger charge is -2.15. The Morgan fingerprint density at radius 3 is 2.45 bits per heavy atom. The van der Waals surface area contributed by atoms with E-state index in [2.05, 4.69) is 10.3 Å². The molecule has 1 atom stereocenters. The van der Waals surface area contributed by atoms with Gasteiger partial charge in [0.2, 0.25) is 0 Å². The number of aryl methyl sites for hydroxylation is 1. The minimum atomic E-state index is -0.729. The number of anilines is 1. The smallest absolute Gasteiger partial charge is 0.150 e. The van der Waals surface area contributed by atoms with Gasteiger partial charge in [0.25, 0.3) is 0 Å². The normalized spacial score (nSPS) is 12.2. The van der Waals surface area contributed by atoms with Crippen LogP contribution in [0.3, 0.4) is 0 Å². The Morgan fingerprint density at radius 1 is 1.40 bits per heavy atom. The molecule has 1 aromatic heterocycles. The number of benzene rings is 1. The van der Waals surface area contributed by atoms with Gasteiger partial charge in [-0.3, -0.25) is 0 Å². The van der Waals surface area contributed by atoms with E-state index < -0.39 is 11.6 Å². The van der Waals surface area contributed by atoms with Crippen LogP contribution in [-0.2, 0) is 0 Å². The first-order chi connectivity index (χ1) is 9.38. The van der Waals surface area contributed by atoms with E-state index in [0.29, 0.717) is 0 Å². The van der Waals surface area contributed by atoms with Crippen LogP contribution in [0.2, 0.25) is 0 Å². The van der Waals surface area contributed by atoms with Gasteiger partial charge in [0.1, 0.15) is 27.3 Å². The van der Waals surface area contributed by atoms with Gasteiger partial charge in [-0.1, -0.05) is 12.2 Å². The van der Waals surface area contributed by atoms with E-state index in [-0.39, 0.29) is 22.3 Å². The maximum atomic E-state index is 13.9. The molecule has 0 aliphatic rings. The van der Waals surface area contributed by atoms with Crippen molar-refractivity contribution in [1.29, 1.82) is 0 Å². The number of nitrogens with zero attached hydrogens (tertiary/aromatic N) is 1. The van der Waals surface area contributed by atoms with E-state index in [1.54, 1.807) is 6.92 Å². The molecule has 1 heterocycles. The minimum absolute atomic E-state index is 0.0436. The second-order valence-electron chi connectivity index (χ2n) is 4.37. The monoisotopic (exact) mass is 313 g/mol. The van der Waals surface area contributed by atoms with E-state index >= 15 is 0 Å². The van der Waals surface area contributed by atoms with Crippen LogP contribution >= 0.6 is 23.6 Å². The summed E-state index contributed by atoms with van der Waals surface area (Å²) in [6.07, 6.45) is 0. The number of aromatic nitrogens is 1. The zero-order valence-electron chi connectivity index (χ0n) is 10.9. The molecule has 0 amide bonds. The van der Waals surface area contributed by atoms with Crippen molar-refractivity contribution in [3.63, 3.8) is 0 Å². The van der Waals surface area contributed by atoms with E-state index in [1.165, 1.54) is 11.3 Å². The average molecular weight is 313 g/mol. The summed E-state index contributed by atoms with van der Waals surface area (Å²) < 4.78 is 27.8. The average Bonchev–Trinajstić information content (AvgIpc) is 2.80. The number of hydrogen-bond acceptors (Lipinski definition) is 4. The maximum Gasteiger partial charge on any atom is 0.150 e. The fourth-order valence-electron chi connectivity index (χ4n) is 1.70. The van der Waals surface area contributed by atoms with Crippen LogP contribution in [0.4, 0.5) is 14.5 Å². The molecule has 2 aromatic rings. The van der Waals surface area contributed by atoms with E-state index in [1.807, 2.05) is 12.3 Å². The molecule has 0 aliphatic heterocycles. The fraction of sp³-hybridized carbons (Fsp3) is 0.231. The Bertz CT molecular complexity index is 632. The lowest BCUT2D eigenvalue weighted by molar-refractivity contribution is 0.584. The topological polar surface area (TPSA) is 50.9 Å². The van der Waals surface area contributed by atoms with E-state index in [4.69, 9.17) is 18.0 Å². The van der Waals surface area contributed by atoms with Crippen LogP contribution in [0.5, 0.6) is 0 Å². The first kappa shape index (κ1) is 14.8. The quantitative estimate of drug-likeness (QED) is 0.848. The lowest BCUT2D eigenvalue weighted by Crippen LogP contribution is -2.13. The maximum absolute atomic E-state index is 13.9. The van der Waals surface area contributed by atoms with Gasteiger partial charge in [0, 0.05) is 16.6 Å². The van der Waals surface area contributed by atoms with Crippen LogP contribution in [-0.4, -0.2) is 9.97 Å². The third-order valence-electron chi connectivity index (χ3n) is 2.69. The second kappa shape index (κ2) is 5.80. The van der Waals surface area contributed by atoms with E-state index in [9.17, 15) is 8.78 Å². The highest BCUT2D eigenvalue weighted by Gasteiger charge is 2.16. The number of thiocarbonyl (C=S) groups is 1. The molecular formula is C13H13F2N3S2. The van der Waals surface area contributed by atoms with Crippen molar-refractivity contribution in [2.75, 3.05) is 5.32 Å². The fourth-order valence-corrected chi connectivity index (χ4v) is 2.62. The van der Waals surface area contributed by atoms with Crippen molar-refractivity contribution in [2.45, 2.75) is 19.9 Å². The van der Waals surface area contributed by atoms with Crippen LogP contribution in [0.1, 0.15) is 29.2 Å². The highest BCUT2D eigenvalue weighted by molar-refractivity contribution is 7.80. The molecule has 0 saturated carbocycles. The highest BCUT2D eigenvalue weighted by Crippen LogP contribution is 2.27. The molecule has 3 nitrogen and oxygen atoms in total. The summed E-state index contributed by atoms with van der Waals surface area (Å²) in [5.41, 5.74) is 6.21. The van der Waals surface area contributed by atoms with Crippen LogP contribution in [0, 0.1) is 18.6 Å². The summed E-state index contributed by atoms with van der Waals surface area (Å²) >= 11 is 6.14. The molecule has 0 radical (unpaired) electrons. The first-order valence-electron chi connectivity index (χ1n) is 5.86. The zero-order valence-corrected chi connectivity index (χ0v) is 12.5. The number of halogens is 2. The molecule has 1 aromatic carbocycles. The molecule has 20 heavy (non-hydrogen) atoms. The predicted octanol–water partition coefficient (Wildman–Crippen LogP) is 3.54. The summed E-state index contributed by atoms with van der Waals surface area (Å²) in [7, 11) is 0. The SMILES string of the molecule is Cc1csc(C(C)Nc2c(F)cc(C(N)=S)cc2F)n1. The molecule has 0 bridgehead atoms. The summed E-state index contributed by atoms with van der Waals surface area (Å²) in [6, 6.07) is 1.94. The lowest BCUT2D eigenvalue weighted by atomic mass is 10.1. The van der Waals surface area contributed by atoms with Crippen molar-refractivity contribution in [1.82, 2.24) is 4.98 Å². The van der Waals surface area contributed by atoms with Crippen molar-refractivity contribution >= 4 is 34.2 Å². The van der Waals surface area contributed by atoms with Gasteiger partial charge in [-0.2, -0.15) is 0 Å². The Hall–Kier alpha value is -1.60. The van der Waals surface area contributed by atoms with Crippen LogP contribution < -0.4 is 11.1 Å². The predicted molar refractivity (Wildman–Crippen MR) is 81.1 cm³/mol. The molecule has 0 saturated heterocycles. The van der Waals surface area contributed by atoms with Crippen molar-refractivity contribution in [2.24, 2.45) is 5.73 Å². The van der Waals surface area contributed by atoms with Crippen molar-refractivity contribution in [3.05, 3.63) is 45.4 Å². The summed E-state index contributed by atoms with van der Waals surface area (Å²) in [4.78, 5) is 4.24. The second-order valence-corrected chi connectivity index (χ2v) is 5.70. The van der Waals surface area contributed by atoms with Crippen LogP contribution in [0.15, 0.2) is 17.5 Å². The van der Waals surface area contributed by atoms with E-state index in [0.717, 1.165) is 22.8 Å².